The summed E-state index contributed by atoms with van der Waals surface area (Å²) in [4.78, 5) is 7.75. The van der Waals surface area contributed by atoms with E-state index in [0.29, 0.717) is 17.3 Å². The molecule has 0 aliphatic carbocycles. The highest BCUT2D eigenvalue weighted by Gasteiger charge is 2.17. The Balaban J connectivity index is 2.40. The third-order valence-electron chi connectivity index (χ3n) is 2.84. The second kappa shape index (κ2) is 5.96. The topological polar surface area (TPSA) is 96.3 Å². The lowest BCUT2D eigenvalue weighted by Crippen LogP contribution is -2.05. The predicted octanol–water partition coefficient (Wildman–Crippen LogP) is 2.14. The first-order valence-electron chi connectivity index (χ1n) is 5.80. The summed E-state index contributed by atoms with van der Waals surface area (Å²) in [5.41, 5.74) is 13.1. The number of nitrogens with two attached hydrogens (primary N) is 2. The largest absolute Gasteiger partial charge is 0.493 e. The summed E-state index contributed by atoms with van der Waals surface area (Å²) in [7, 11) is 3.18. The Morgan fingerprint density at radius 3 is 2.45 bits per heavy atom. The minimum absolute atomic E-state index is 0.151. The van der Waals surface area contributed by atoms with Crippen LogP contribution >= 0.6 is 15.9 Å². The number of hydrogen-bond acceptors (Lipinski definition) is 6. The van der Waals surface area contributed by atoms with Gasteiger partial charge in [0.2, 0.25) is 5.95 Å². The van der Waals surface area contributed by atoms with Crippen LogP contribution in [0.4, 0.5) is 11.8 Å². The smallest absolute Gasteiger partial charge is 0.221 e. The first-order valence-corrected chi connectivity index (χ1v) is 6.72. The second-order valence-electron chi connectivity index (χ2n) is 4.05. The molecule has 2 aromatic rings. The molecule has 20 heavy (non-hydrogen) atoms. The zero-order chi connectivity index (χ0) is 14.7. The van der Waals surface area contributed by atoms with Crippen molar-refractivity contribution >= 4 is 27.7 Å². The highest BCUT2D eigenvalue weighted by atomic mass is 79.9. The summed E-state index contributed by atoms with van der Waals surface area (Å²) in [6.45, 7) is 0. The Morgan fingerprint density at radius 2 is 1.85 bits per heavy atom. The Bertz CT molecular complexity index is 621. The Hall–Kier alpha value is -2.02. The maximum atomic E-state index is 5.87. The molecule has 0 amide bonds. The van der Waals surface area contributed by atoms with Crippen LogP contribution in [-0.4, -0.2) is 24.2 Å². The molecule has 6 nitrogen and oxygen atoms in total. The van der Waals surface area contributed by atoms with E-state index in [1.165, 1.54) is 0 Å². The van der Waals surface area contributed by atoms with Crippen molar-refractivity contribution in [2.75, 3.05) is 25.7 Å². The Morgan fingerprint density at radius 1 is 1.15 bits per heavy atom. The number of nitrogens with zero attached hydrogens (tertiary/aromatic N) is 2. The van der Waals surface area contributed by atoms with E-state index in [-0.39, 0.29) is 10.8 Å². The molecule has 4 N–H and O–H groups in total. The molecule has 106 valence electrons. The maximum Gasteiger partial charge on any atom is 0.221 e. The van der Waals surface area contributed by atoms with Crippen LogP contribution in [0.5, 0.6) is 11.5 Å². The van der Waals surface area contributed by atoms with Gasteiger partial charge in [-0.3, -0.25) is 0 Å². The van der Waals surface area contributed by atoms with Gasteiger partial charge in [-0.1, -0.05) is 22.0 Å². The molecule has 0 saturated heterocycles. The molecular formula is C13H15BrN4O2. The molecule has 7 heteroatoms. The van der Waals surface area contributed by atoms with E-state index in [1.807, 2.05) is 18.2 Å². The van der Waals surface area contributed by atoms with Gasteiger partial charge in [0.1, 0.15) is 5.82 Å². The van der Waals surface area contributed by atoms with Crippen LogP contribution in [0.3, 0.4) is 0 Å². The van der Waals surface area contributed by atoms with Crippen LogP contribution in [0.25, 0.3) is 0 Å². The number of anilines is 2. The molecule has 0 aliphatic heterocycles. The molecule has 0 spiro atoms. The van der Waals surface area contributed by atoms with Crippen LogP contribution in [0.2, 0.25) is 0 Å². The van der Waals surface area contributed by atoms with Crippen LogP contribution in [0.1, 0.15) is 16.0 Å². The van der Waals surface area contributed by atoms with Gasteiger partial charge >= 0.3 is 0 Å². The lowest BCUT2D eigenvalue weighted by Gasteiger charge is -2.15. The van der Waals surface area contributed by atoms with Gasteiger partial charge < -0.3 is 20.9 Å². The maximum absolute atomic E-state index is 5.87. The molecule has 0 radical (unpaired) electrons. The van der Waals surface area contributed by atoms with E-state index in [0.717, 1.165) is 11.1 Å². The number of halogens is 1. The highest BCUT2D eigenvalue weighted by molar-refractivity contribution is 9.09. The highest BCUT2D eigenvalue weighted by Crippen LogP contribution is 2.37. The number of methoxy groups -OCH3 is 2. The number of benzene rings is 1. The number of ether oxygens (including phenoxy) is 2. The van der Waals surface area contributed by atoms with Gasteiger partial charge in [-0.15, -0.1) is 0 Å². The van der Waals surface area contributed by atoms with E-state index < -0.39 is 0 Å². The number of rotatable bonds is 4. The molecule has 1 aromatic carbocycles. The van der Waals surface area contributed by atoms with Gasteiger partial charge in [-0.25, -0.2) is 4.98 Å². The van der Waals surface area contributed by atoms with Crippen LogP contribution in [0.15, 0.2) is 24.4 Å². The fourth-order valence-corrected chi connectivity index (χ4v) is 2.44. The number of hydrogen-bond donors (Lipinski definition) is 2. The van der Waals surface area contributed by atoms with Crippen molar-refractivity contribution in [2.45, 2.75) is 4.83 Å². The molecule has 0 saturated carbocycles. The van der Waals surface area contributed by atoms with Crippen molar-refractivity contribution in [3.8, 4) is 11.5 Å². The quantitative estimate of drug-likeness (QED) is 0.829. The number of alkyl halides is 1. The summed E-state index contributed by atoms with van der Waals surface area (Å²) in [5.74, 6) is 1.80. The first-order chi connectivity index (χ1) is 9.56. The molecule has 1 heterocycles. The minimum atomic E-state index is -0.164. The van der Waals surface area contributed by atoms with Gasteiger partial charge in [0, 0.05) is 11.8 Å². The van der Waals surface area contributed by atoms with Gasteiger partial charge in [0.05, 0.1) is 19.0 Å². The van der Waals surface area contributed by atoms with Crippen LogP contribution < -0.4 is 20.9 Å². The zero-order valence-corrected chi connectivity index (χ0v) is 12.7. The summed E-state index contributed by atoms with van der Waals surface area (Å²) < 4.78 is 10.5. The third kappa shape index (κ3) is 2.77. The van der Waals surface area contributed by atoms with Gasteiger partial charge in [0.15, 0.2) is 11.5 Å². The molecule has 0 bridgehead atoms. The lowest BCUT2D eigenvalue weighted by atomic mass is 10.1. The fraction of sp³-hybridized carbons (Fsp3) is 0.231. The van der Waals surface area contributed by atoms with E-state index in [4.69, 9.17) is 20.9 Å². The molecule has 1 aromatic heterocycles. The molecule has 0 aliphatic rings. The van der Waals surface area contributed by atoms with Gasteiger partial charge in [0.25, 0.3) is 0 Å². The number of nitrogen functional groups attached to an aromatic ring is 2. The van der Waals surface area contributed by atoms with E-state index in [2.05, 4.69) is 25.9 Å². The molecular weight excluding hydrogens is 324 g/mol. The zero-order valence-electron chi connectivity index (χ0n) is 11.1. The van der Waals surface area contributed by atoms with Gasteiger partial charge in [-0.05, 0) is 17.7 Å². The fourth-order valence-electron chi connectivity index (χ4n) is 1.80. The number of aromatic nitrogens is 2. The molecule has 1 unspecified atom stereocenters. The van der Waals surface area contributed by atoms with E-state index in [9.17, 15) is 0 Å². The summed E-state index contributed by atoms with van der Waals surface area (Å²) in [6.07, 6.45) is 1.60. The van der Waals surface area contributed by atoms with E-state index in [1.54, 1.807) is 20.4 Å². The van der Waals surface area contributed by atoms with Crippen LogP contribution in [-0.2, 0) is 0 Å². The summed E-state index contributed by atoms with van der Waals surface area (Å²) in [6, 6.07) is 5.61. The standard InChI is InChI=1S/C13H15BrN4O2/c1-19-9-4-3-7(5-10(9)20-2)11(14)8-6-17-13(16)18-12(8)15/h3-6,11H,1-2H3,(H4,15,16,17,18). The monoisotopic (exact) mass is 338 g/mol. The normalized spacial score (nSPS) is 11.9. The first kappa shape index (κ1) is 14.4. The Labute approximate surface area is 125 Å². The molecule has 2 rings (SSSR count). The van der Waals surface area contributed by atoms with Crippen molar-refractivity contribution in [3.63, 3.8) is 0 Å². The second-order valence-corrected chi connectivity index (χ2v) is 4.96. The van der Waals surface area contributed by atoms with Crippen molar-refractivity contribution < 1.29 is 9.47 Å². The molecule has 1 atom stereocenters. The average molecular weight is 339 g/mol. The van der Waals surface area contributed by atoms with Crippen molar-refractivity contribution in [1.82, 2.24) is 9.97 Å². The van der Waals surface area contributed by atoms with Crippen molar-refractivity contribution in [1.29, 1.82) is 0 Å². The summed E-state index contributed by atoms with van der Waals surface area (Å²) in [5, 5.41) is 0. The van der Waals surface area contributed by atoms with Crippen LogP contribution in [0, 0.1) is 0 Å². The molecule has 0 fully saturated rings. The predicted molar refractivity (Wildman–Crippen MR) is 81.2 cm³/mol. The SMILES string of the molecule is COc1ccc(C(Br)c2cnc(N)nc2N)cc1OC. The third-order valence-corrected chi connectivity index (χ3v) is 3.86. The van der Waals surface area contributed by atoms with Crippen molar-refractivity contribution in [2.24, 2.45) is 0 Å². The van der Waals surface area contributed by atoms with Crippen molar-refractivity contribution in [3.05, 3.63) is 35.5 Å². The van der Waals surface area contributed by atoms with Gasteiger partial charge in [-0.2, -0.15) is 4.98 Å². The summed E-state index contributed by atoms with van der Waals surface area (Å²) >= 11 is 3.58. The Kier molecular flexibility index (Phi) is 4.29. The average Bonchev–Trinajstić information content (AvgIpc) is 2.45. The minimum Gasteiger partial charge on any atom is -0.493 e. The lowest BCUT2D eigenvalue weighted by molar-refractivity contribution is 0.354. The van der Waals surface area contributed by atoms with E-state index >= 15 is 0 Å².